The van der Waals surface area contributed by atoms with Crippen LogP contribution in [0, 0.1) is 5.92 Å². The lowest BCUT2D eigenvalue weighted by atomic mass is 10.0. The maximum absolute atomic E-state index is 13.5. The molecule has 0 fully saturated rings. The molecule has 13 heteroatoms. The van der Waals surface area contributed by atoms with Crippen molar-refractivity contribution in [3.8, 4) is 17.2 Å². The first-order valence-electron chi connectivity index (χ1n) is 13.0. The first-order chi connectivity index (χ1) is 19.0. The van der Waals surface area contributed by atoms with E-state index in [9.17, 15) is 28.3 Å². The molecule has 220 valence electrons. The summed E-state index contributed by atoms with van der Waals surface area (Å²) in [6.07, 6.45) is -0.411. The average molecular weight is 580 g/mol. The number of carbonyl (C=O) groups is 2. The smallest absolute Gasteiger partial charge is 0.431 e. The zero-order valence-electron chi connectivity index (χ0n) is 22.9. The van der Waals surface area contributed by atoms with Crippen LogP contribution < -0.4 is 19.5 Å². The van der Waals surface area contributed by atoms with Gasteiger partial charge in [0.1, 0.15) is 5.75 Å². The van der Waals surface area contributed by atoms with Crippen molar-refractivity contribution in [1.82, 2.24) is 14.7 Å². The van der Waals surface area contributed by atoms with Crippen LogP contribution in [0.15, 0.2) is 47.4 Å². The minimum Gasteiger partial charge on any atom is -0.494 e. The number of sulfonamides is 1. The molecule has 1 unspecified atom stereocenters. The fourth-order valence-electron chi connectivity index (χ4n) is 4.20. The number of fused-ring (bicyclic) bond motifs is 1. The van der Waals surface area contributed by atoms with E-state index in [1.54, 1.807) is 37.4 Å². The summed E-state index contributed by atoms with van der Waals surface area (Å²) in [5.74, 6) is 1.33. The summed E-state index contributed by atoms with van der Waals surface area (Å²) >= 11 is 0. The molecular weight excluding hydrogens is 542 g/mol. The van der Waals surface area contributed by atoms with Gasteiger partial charge in [-0.1, -0.05) is 26.0 Å². The van der Waals surface area contributed by atoms with Crippen molar-refractivity contribution in [2.75, 3.05) is 33.5 Å². The molecule has 1 aliphatic heterocycles. The van der Waals surface area contributed by atoms with Crippen molar-refractivity contribution >= 4 is 22.0 Å². The topological polar surface area (TPSA) is 155 Å². The van der Waals surface area contributed by atoms with Crippen molar-refractivity contribution in [3.05, 3.63) is 48.0 Å². The van der Waals surface area contributed by atoms with Gasteiger partial charge in [0.2, 0.25) is 22.7 Å². The number of nitrogens with one attached hydrogen (secondary N) is 1. The number of benzene rings is 2. The Labute approximate surface area is 234 Å². The van der Waals surface area contributed by atoms with E-state index in [-0.39, 0.29) is 54.5 Å². The van der Waals surface area contributed by atoms with Crippen molar-refractivity contribution in [1.29, 1.82) is 0 Å². The van der Waals surface area contributed by atoms with Crippen molar-refractivity contribution < 1.29 is 42.5 Å². The van der Waals surface area contributed by atoms with Crippen LogP contribution >= 0.6 is 0 Å². The Morgan fingerprint density at radius 2 is 1.80 bits per heavy atom. The number of rotatable bonds is 15. The molecule has 0 aliphatic carbocycles. The minimum atomic E-state index is -3.95. The summed E-state index contributed by atoms with van der Waals surface area (Å²) in [7, 11) is -2.37. The molecule has 1 aliphatic rings. The van der Waals surface area contributed by atoms with Crippen LogP contribution in [0.4, 0.5) is 4.79 Å². The van der Waals surface area contributed by atoms with Gasteiger partial charge in [-0.25, -0.2) is 13.2 Å². The Balaban J connectivity index is 1.69. The van der Waals surface area contributed by atoms with Gasteiger partial charge in [-0.05, 0) is 55.0 Å². The predicted octanol–water partition coefficient (Wildman–Crippen LogP) is 3.34. The third kappa shape index (κ3) is 8.47. The minimum absolute atomic E-state index is 0.00385. The van der Waals surface area contributed by atoms with Crippen molar-refractivity contribution in [2.45, 2.75) is 50.5 Å². The summed E-state index contributed by atoms with van der Waals surface area (Å²) in [6, 6.07) is 10.5. The Morgan fingerprint density at radius 3 is 2.45 bits per heavy atom. The second-order valence-electron chi connectivity index (χ2n) is 9.81. The van der Waals surface area contributed by atoms with E-state index in [4.69, 9.17) is 14.2 Å². The number of amides is 2. The van der Waals surface area contributed by atoms with E-state index in [1.807, 2.05) is 13.8 Å². The lowest BCUT2D eigenvalue weighted by molar-refractivity contribution is -0.120. The third-order valence-electron chi connectivity index (χ3n) is 6.29. The van der Waals surface area contributed by atoms with Gasteiger partial charge in [0.25, 0.3) is 0 Å². The third-order valence-corrected chi connectivity index (χ3v) is 8.16. The van der Waals surface area contributed by atoms with E-state index in [2.05, 4.69) is 5.32 Å². The molecule has 3 rings (SSSR count). The van der Waals surface area contributed by atoms with Gasteiger partial charge in [0.15, 0.2) is 11.5 Å². The number of carbonyl (C=O) groups excluding carboxylic acids is 1. The van der Waals surface area contributed by atoms with E-state index in [0.29, 0.717) is 36.7 Å². The molecule has 0 bridgehead atoms. The highest BCUT2D eigenvalue weighted by molar-refractivity contribution is 7.89. The lowest BCUT2D eigenvalue weighted by Gasteiger charge is -2.28. The number of hydrogen-bond donors (Lipinski definition) is 3. The van der Waals surface area contributed by atoms with E-state index in [0.717, 1.165) is 5.56 Å². The molecular formula is C27H37N3O9S. The Morgan fingerprint density at radius 1 is 1.10 bits per heavy atom. The second-order valence-corrected chi connectivity index (χ2v) is 11.8. The Hall–Kier alpha value is -3.55. The quantitative estimate of drug-likeness (QED) is 0.164. The molecule has 3 N–H and O–H groups in total. The van der Waals surface area contributed by atoms with E-state index >= 15 is 0 Å². The van der Waals surface area contributed by atoms with Crippen molar-refractivity contribution in [3.63, 3.8) is 0 Å². The number of hydrogen-bond acceptors (Lipinski definition) is 8. The summed E-state index contributed by atoms with van der Waals surface area (Å²) in [6.45, 7) is 4.34. The Bertz CT molecular complexity index is 1250. The van der Waals surface area contributed by atoms with Gasteiger partial charge in [0.05, 0.1) is 17.5 Å². The standard InChI is InChI=1S/C27H37N3O9S/c1-19(2)17-29(40(35,36)23-10-11-24-25(16-23)39-18-38-24)13-12-21(30(34)27(32)33)15-20-6-8-22(9-7-20)37-14-4-5-26(31)28-3/h6-11,16,19,21,34H,4-5,12-15,17-18H2,1-3H3,(H,28,31)(H,32,33). The van der Waals surface area contributed by atoms with Crippen LogP contribution in [0.1, 0.15) is 38.7 Å². The molecule has 2 amide bonds. The highest BCUT2D eigenvalue weighted by Gasteiger charge is 2.30. The lowest BCUT2D eigenvalue weighted by Crippen LogP contribution is -2.42. The first kappa shape index (κ1) is 31.0. The predicted molar refractivity (Wildman–Crippen MR) is 145 cm³/mol. The molecule has 0 saturated heterocycles. The zero-order valence-corrected chi connectivity index (χ0v) is 23.7. The zero-order chi connectivity index (χ0) is 29.3. The van der Waals surface area contributed by atoms with Crippen LogP contribution in [-0.4, -0.2) is 79.7 Å². The largest absolute Gasteiger partial charge is 0.494 e. The molecule has 0 spiro atoms. The molecule has 1 atom stereocenters. The van der Waals surface area contributed by atoms with Gasteiger partial charge in [-0.2, -0.15) is 9.37 Å². The highest BCUT2D eigenvalue weighted by Crippen LogP contribution is 2.35. The summed E-state index contributed by atoms with van der Waals surface area (Å²) < 4.78 is 44.6. The van der Waals surface area contributed by atoms with Crippen LogP contribution in [0.2, 0.25) is 0 Å². The summed E-state index contributed by atoms with van der Waals surface area (Å²) in [4.78, 5) is 23.0. The van der Waals surface area contributed by atoms with Crippen LogP contribution in [0.5, 0.6) is 17.2 Å². The van der Waals surface area contributed by atoms with E-state index in [1.165, 1.54) is 16.4 Å². The molecule has 0 saturated carbocycles. The number of ether oxygens (including phenoxy) is 3. The fraction of sp³-hybridized carbons (Fsp3) is 0.481. The van der Waals surface area contributed by atoms with Crippen LogP contribution in [0.25, 0.3) is 0 Å². The van der Waals surface area contributed by atoms with Gasteiger partial charge >= 0.3 is 6.09 Å². The molecule has 2 aromatic rings. The molecule has 2 aromatic carbocycles. The Kier molecular flexibility index (Phi) is 11.0. The molecule has 40 heavy (non-hydrogen) atoms. The van der Waals surface area contributed by atoms with Crippen LogP contribution in [-0.2, 0) is 21.2 Å². The first-order valence-corrected chi connectivity index (χ1v) is 14.5. The van der Waals surface area contributed by atoms with Crippen LogP contribution in [0.3, 0.4) is 0 Å². The maximum Gasteiger partial charge on any atom is 0.431 e. The van der Waals surface area contributed by atoms with Gasteiger partial charge < -0.3 is 24.6 Å². The molecule has 0 aromatic heterocycles. The summed E-state index contributed by atoms with van der Waals surface area (Å²) in [5.41, 5.74) is 0.733. The van der Waals surface area contributed by atoms with Crippen molar-refractivity contribution in [2.24, 2.45) is 5.92 Å². The summed E-state index contributed by atoms with van der Waals surface area (Å²) in [5, 5.41) is 22.5. The average Bonchev–Trinajstić information content (AvgIpc) is 3.40. The second kappa shape index (κ2) is 14.2. The fourth-order valence-corrected chi connectivity index (χ4v) is 5.84. The van der Waals surface area contributed by atoms with Gasteiger partial charge in [0, 0.05) is 32.6 Å². The molecule has 0 radical (unpaired) electrons. The number of hydroxylamine groups is 2. The SMILES string of the molecule is CNC(=O)CCCOc1ccc(CC(CCN(CC(C)C)S(=O)(=O)c2ccc3c(c2)OCO3)N(O)C(=O)O)cc1. The monoisotopic (exact) mass is 579 g/mol. The molecule has 12 nitrogen and oxygen atoms in total. The number of carboxylic acid groups (broad SMARTS) is 1. The van der Waals surface area contributed by atoms with Gasteiger partial charge in [-0.15, -0.1) is 0 Å². The van der Waals surface area contributed by atoms with E-state index < -0.39 is 22.2 Å². The normalized spacial score (nSPS) is 13.3. The number of nitrogens with zero attached hydrogens (tertiary/aromatic N) is 2. The van der Waals surface area contributed by atoms with Gasteiger partial charge in [-0.3, -0.25) is 10.0 Å². The highest BCUT2D eigenvalue weighted by atomic mass is 32.2. The maximum atomic E-state index is 13.5. The molecule has 1 heterocycles.